The Balaban J connectivity index is 1.97. The van der Waals surface area contributed by atoms with Gasteiger partial charge in [-0.2, -0.15) is 0 Å². The van der Waals surface area contributed by atoms with E-state index in [-0.39, 0.29) is 6.10 Å². The predicted molar refractivity (Wildman–Crippen MR) is 86.6 cm³/mol. The van der Waals surface area contributed by atoms with Gasteiger partial charge in [-0.3, -0.25) is 0 Å². The first-order chi connectivity index (χ1) is 10.3. The monoisotopic (exact) mass is 285 g/mol. The van der Waals surface area contributed by atoms with Gasteiger partial charge in [0.2, 0.25) is 0 Å². The van der Waals surface area contributed by atoms with Gasteiger partial charge in [0.05, 0.1) is 11.6 Å². The molecular formula is C17H23N3O. The summed E-state index contributed by atoms with van der Waals surface area (Å²) in [6, 6.07) is 10.5. The lowest BCUT2D eigenvalue weighted by molar-refractivity contribution is 0.145. The summed E-state index contributed by atoms with van der Waals surface area (Å²) in [7, 11) is 0. The smallest absolute Gasteiger partial charge is 0.133 e. The number of pyridine rings is 1. The molecule has 4 heteroatoms. The van der Waals surface area contributed by atoms with Crippen molar-refractivity contribution in [2.24, 2.45) is 0 Å². The van der Waals surface area contributed by atoms with Gasteiger partial charge in [-0.05, 0) is 31.5 Å². The Hall–Kier alpha value is -1.65. The lowest BCUT2D eigenvalue weighted by Gasteiger charge is -2.32. The average molecular weight is 285 g/mol. The Morgan fingerprint density at radius 1 is 1.29 bits per heavy atom. The van der Waals surface area contributed by atoms with Gasteiger partial charge in [-0.15, -0.1) is 0 Å². The molecule has 1 fully saturated rings. The van der Waals surface area contributed by atoms with Crippen LogP contribution in [0.5, 0.6) is 0 Å². The highest BCUT2D eigenvalue weighted by Crippen LogP contribution is 2.26. The third kappa shape index (κ3) is 3.17. The summed E-state index contributed by atoms with van der Waals surface area (Å²) < 4.78 is 0. The number of aromatic nitrogens is 1. The molecule has 4 nitrogen and oxygen atoms in total. The average Bonchev–Trinajstić information content (AvgIpc) is 2.53. The maximum absolute atomic E-state index is 9.70. The van der Waals surface area contributed by atoms with Crippen molar-refractivity contribution >= 4 is 16.7 Å². The second kappa shape index (κ2) is 6.41. The Labute approximate surface area is 125 Å². The highest BCUT2D eigenvalue weighted by molar-refractivity contribution is 5.81. The van der Waals surface area contributed by atoms with Gasteiger partial charge < -0.3 is 15.3 Å². The van der Waals surface area contributed by atoms with Gasteiger partial charge in [0, 0.05) is 30.6 Å². The lowest BCUT2D eigenvalue weighted by atomic mass is 10.1. The molecule has 3 rings (SSSR count). The van der Waals surface area contributed by atoms with Gasteiger partial charge in [0.15, 0.2) is 0 Å². The van der Waals surface area contributed by atoms with Crippen molar-refractivity contribution in [3.63, 3.8) is 0 Å². The summed E-state index contributed by atoms with van der Waals surface area (Å²) in [4.78, 5) is 7.19. The highest BCUT2D eigenvalue weighted by atomic mass is 16.3. The molecule has 0 amide bonds. The second-order valence-corrected chi connectivity index (χ2v) is 5.66. The SMILES string of the molecule is CCNCc1cc2ccccc2nc1N1CCC(O)CC1. The minimum atomic E-state index is -0.154. The van der Waals surface area contributed by atoms with E-state index in [1.807, 2.05) is 6.07 Å². The van der Waals surface area contributed by atoms with Crippen LogP contribution in [-0.2, 0) is 6.54 Å². The van der Waals surface area contributed by atoms with Crippen molar-refractivity contribution in [3.8, 4) is 0 Å². The Bertz CT molecular complexity index is 606. The van der Waals surface area contributed by atoms with Gasteiger partial charge in [-0.25, -0.2) is 4.98 Å². The standard InChI is InChI=1S/C17H23N3O/c1-2-18-12-14-11-13-5-3-4-6-16(13)19-17(14)20-9-7-15(21)8-10-20/h3-6,11,15,18,21H,2,7-10,12H2,1H3. The molecule has 1 aromatic heterocycles. The van der Waals surface area contributed by atoms with Crippen LogP contribution in [0.4, 0.5) is 5.82 Å². The molecule has 1 aliphatic heterocycles. The first-order valence-electron chi connectivity index (χ1n) is 7.80. The number of anilines is 1. The van der Waals surface area contributed by atoms with Crippen molar-refractivity contribution in [2.45, 2.75) is 32.4 Å². The molecule has 2 aromatic rings. The summed E-state index contributed by atoms with van der Waals surface area (Å²) in [5.41, 5.74) is 2.28. The molecule has 1 aromatic carbocycles. The molecule has 21 heavy (non-hydrogen) atoms. The molecule has 1 saturated heterocycles. The molecule has 112 valence electrons. The van der Waals surface area contributed by atoms with Crippen LogP contribution in [0, 0.1) is 0 Å². The van der Waals surface area contributed by atoms with E-state index in [0.717, 1.165) is 50.4 Å². The Morgan fingerprint density at radius 3 is 2.81 bits per heavy atom. The van der Waals surface area contributed by atoms with Gasteiger partial charge >= 0.3 is 0 Å². The first kappa shape index (κ1) is 14.3. The minimum Gasteiger partial charge on any atom is -0.393 e. The van der Waals surface area contributed by atoms with E-state index in [4.69, 9.17) is 4.98 Å². The fourth-order valence-corrected chi connectivity index (χ4v) is 2.89. The second-order valence-electron chi connectivity index (χ2n) is 5.66. The van der Waals surface area contributed by atoms with Crippen LogP contribution in [0.15, 0.2) is 30.3 Å². The molecule has 0 bridgehead atoms. The number of piperidine rings is 1. The number of benzene rings is 1. The van der Waals surface area contributed by atoms with Gasteiger partial charge in [-0.1, -0.05) is 25.1 Å². The number of fused-ring (bicyclic) bond motifs is 1. The Morgan fingerprint density at radius 2 is 2.05 bits per heavy atom. The number of nitrogens with zero attached hydrogens (tertiary/aromatic N) is 2. The summed E-state index contributed by atoms with van der Waals surface area (Å²) in [5.74, 6) is 1.07. The molecule has 0 aliphatic carbocycles. The molecule has 0 unspecified atom stereocenters. The predicted octanol–water partition coefficient (Wildman–Crippen LogP) is 2.31. The van der Waals surface area contributed by atoms with E-state index in [1.54, 1.807) is 0 Å². The topological polar surface area (TPSA) is 48.4 Å². The maximum Gasteiger partial charge on any atom is 0.133 e. The summed E-state index contributed by atoms with van der Waals surface area (Å²) >= 11 is 0. The van der Waals surface area contributed by atoms with Crippen LogP contribution in [-0.4, -0.2) is 35.8 Å². The van der Waals surface area contributed by atoms with E-state index in [9.17, 15) is 5.11 Å². The number of hydrogen-bond donors (Lipinski definition) is 2. The highest BCUT2D eigenvalue weighted by Gasteiger charge is 2.20. The van der Waals surface area contributed by atoms with E-state index >= 15 is 0 Å². The van der Waals surface area contributed by atoms with Crippen LogP contribution < -0.4 is 10.2 Å². The van der Waals surface area contributed by atoms with Gasteiger partial charge in [0.1, 0.15) is 5.82 Å². The summed E-state index contributed by atoms with van der Waals surface area (Å²) in [6.45, 7) is 5.66. The molecule has 0 atom stereocenters. The van der Waals surface area contributed by atoms with E-state index in [2.05, 4.69) is 41.4 Å². The zero-order chi connectivity index (χ0) is 14.7. The van der Waals surface area contributed by atoms with Crippen LogP contribution in [0.3, 0.4) is 0 Å². The maximum atomic E-state index is 9.70. The Kier molecular flexibility index (Phi) is 4.36. The van der Waals surface area contributed by atoms with Crippen LogP contribution in [0.25, 0.3) is 10.9 Å². The molecule has 2 N–H and O–H groups in total. The number of nitrogens with one attached hydrogen (secondary N) is 1. The van der Waals surface area contributed by atoms with Crippen molar-refractivity contribution in [2.75, 3.05) is 24.5 Å². The quantitative estimate of drug-likeness (QED) is 0.905. The van der Waals surface area contributed by atoms with Crippen LogP contribution in [0.2, 0.25) is 0 Å². The molecule has 1 aliphatic rings. The number of aliphatic hydroxyl groups is 1. The zero-order valence-electron chi connectivity index (χ0n) is 12.5. The van der Waals surface area contributed by atoms with Crippen molar-refractivity contribution in [3.05, 3.63) is 35.9 Å². The fourth-order valence-electron chi connectivity index (χ4n) is 2.89. The lowest BCUT2D eigenvalue weighted by Crippen LogP contribution is -2.37. The van der Waals surface area contributed by atoms with Gasteiger partial charge in [0.25, 0.3) is 0 Å². The van der Waals surface area contributed by atoms with Crippen LogP contribution >= 0.6 is 0 Å². The fraction of sp³-hybridized carbons (Fsp3) is 0.471. The molecular weight excluding hydrogens is 262 g/mol. The summed E-state index contributed by atoms with van der Waals surface area (Å²) in [6.07, 6.45) is 1.50. The number of hydrogen-bond acceptors (Lipinski definition) is 4. The van der Waals surface area contributed by atoms with Crippen LogP contribution in [0.1, 0.15) is 25.3 Å². The first-order valence-corrected chi connectivity index (χ1v) is 7.80. The molecule has 0 saturated carbocycles. The van der Waals surface area contributed by atoms with Crippen molar-refractivity contribution in [1.82, 2.24) is 10.3 Å². The van der Waals surface area contributed by atoms with E-state index in [1.165, 1.54) is 10.9 Å². The summed E-state index contributed by atoms with van der Waals surface area (Å²) in [5, 5.41) is 14.3. The third-order valence-corrected chi connectivity index (χ3v) is 4.11. The normalized spacial score (nSPS) is 16.6. The van der Waals surface area contributed by atoms with Crippen molar-refractivity contribution < 1.29 is 5.11 Å². The largest absolute Gasteiger partial charge is 0.393 e. The number of rotatable bonds is 4. The number of aliphatic hydroxyl groups excluding tert-OH is 1. The molecule has 0 spiro atoms. The molecule has 0 radical (unpaired) electrons. The van der Waals surface area contributed by atoms with Crippen molar-refractivity contribution in [1.29, 1.82) is 0 Å². The molecule has 2 heterocycles. The van der Waals surface area contributed by atoms with E-state index in [0.29, 0.717) is 0 Å². The minimum absolute atomic E-state index is 0.154. The number of para-hydroxylation sites is 1. The van der Waals surface area contributed by atoms with E-state index < -0.39 is 0 Å². The zero-order valence-corrected chi connectivity index (χ0v) is 12.5. The third-order valence-electron chi connectivity index (χ3n) is 4.11.